The van der Waals surface area contributed by atoms with Crippen LogP contribution < -0.4 is 16.4 Å². The number of hydrogen-bond acceptors (Lipinski definition) is 1. The van der Waals surface area contributed by atoms with Crippen LogP contribution in [0.2, 0.25) is 0 Å². The summed E-state index contributed by atoms with van der Waals surface area (Å²) in [6, 6.07) is 18.2. The third-order valence-electron chi connectivity index (χ3n) is 6.08. The molecule has 0 N–H and O–H groups in total. The molecule has 0 aliphatic heterocycles. The second-order valence-corrected chi connectivity index (χ2v) is 8.62. The Balaban J connectivity index is 1.94. The lowest BCUT2D eigenvalue weighted by Gasteiger charge is -2.24. The van der Waals surface area contributed by atoms with Crippen molar-refractivity contribution in [2.45, 2.75) is 41.5 Å². The molecule has 0 amide bonds. The van der Waals surface area contributed by atoms with Crippen molar-refractivity contribution in [1.29, 1.82) is 0 Å². The number of hydrogen-bond donors (Lipinski definition) is 0. The Kier molecular flexibility index (Phi) is 5.38. The summed E-state index contributed by atoms with van der Waals surface area (Å²) in [5, 5.41) is 0. The van der Waals surface area contributed by atoms with Gasteiger partial charge in [0.15, 0.2) is 0 Å². The van der Waals surface area contributed by atoms with E-state index in [-0.39, 0.29) is 6.71 Å². The lowest BCUT2D eigenvalue weighted by molar-refractivity contribution is 1.06. The fraction of sp³-hybridized carbons (Fsp3) is 0.222. The zero-order valence-electron chi connectivity index (χ0n) is 18.8. The number of aromatic nitrogens is 2. The fourth-order valence-corrected chi connectivity index (χ4v) is 5.02. The lowest BCUT2D eigenvalue weighted by Crippen LogP contribution is -2.55. The Morgan fingerprint density at radius 3 is 1.53 bits per heavy atom. The van der Waals surface area contributed by atoms with Crippen LogP contribution >= 0.6 is 0 Å². The first-order valence-electron chi connectivity index (χ1n) is 10.6. The number of benzene rings is 3. The van der Waals surface area contributed by atoms with Crippen LogP contribution in [0.4, 0.5) is 0 Å². The van der Waals surface area contributed by atoms with Crippen molar-refractivity contribution in [3.63, 3.8) is 0 Å². The van der Waals surface area contributed by atoms with Crippen LogP contribution in [0.3, 0.4) is 0 Å². The maximum atomic E-state index is 4.18. The molecule has 0 atom stereocenters. The molecule has 0 saturated heterocycles. The molecule has 1 aromatic heterocycles. The first-order chi connectivity index (χ1) is 14.3. The summed E-state index contributed by atoms with van der Waals surface area (Å²) < 4.78 is 2.05. The van der Waals surface area contributed by atoms with Gasteiger partial charge < -0.3 is 4.57 Å². The minimum atomic E-state index is 0.211. The van der Waals surface area contributed by atoms with Crippen LogP contribution in [0.1, 0.15) is 33.4 Å². The van der Waals surface area contributed by atoms with E-state index in [1.54, 1.807) is 0 Å². The van der Waals surface area contributed by atoms with Crippen molar-refractivity contribution in [1.82, 2.24) is 9.55 Å². The second kappa shape index (κ2) is 7.99. The molecule has 0 aliphatic rings. The van der Waals surface area contributed by atoms with E-state index in [1.807, 2.05) is 23.3 Å². The maximum absolute atomic E-state index is 4.18. The van der Waals surface area contributed by atoms with Gasteiger partial charge >= 0.3 is 0 Å². The molecule has 3 heteroatoms. The molecule has 0 fully saturated rings. The molecule has 150 valence electrons. The van der Waals surface area contributed by atoms with Crippen LogP contribution in [-0.4, -0.2) is 16.3 Å². The molecule has 0 unspecified atom stereocenters. The summed E-state index contributed by atoms with van der Waals surface area (Å²) >= 11 is 0. The summed E-state index contributed by atoms with van der Waals surface area (Å²) in [6.45, 7) is 13.6. The van der Waals surface area contributed by atoms with Crippen molar-refractivity contribution in [3.05, 3.63) is 101 Å². The molecule has 0 bridgehead atoms. The molecule has 3 aromatic carbocycles. The second-order valence-electron chi connectivity index (χ2n) is 8.62. The quantitative estimate of drug-likeness (QED) is 0.475. The fourth-order valence-electron chi connectivity index (χ4n) is 5.02. The third kappa shape index (κ3) is 3.72. The van der Waals surface area contributed by atoms with Gasteiger partial charge in [0.05, 0.1) is 6.33 Å². The van der Waals surface area contributed by atoms with Gasteiger partial charge in [-0.25, -0.2) is 4.98 Å². The minimum absolute atomic E-state index is 0.211. The van der Waals surface area contributed by atoms with Crippen LogP contribution in [0.15, 0.2) is 67.3 Å². The van der Waals surface area contributed by atoms with Crippen molar-refractivity contribution in [2.24, 2.45) is 0 Å². The highest BCUT2D eigenvalue weighted by atomic mass is 15.0. The van der Waals surface area contributed by atoms with Crippen molar-refractivity contribution < 1.29 is 0 Å². The van der Waals surface area contributed by atoms with E-state index in [1.165, 1.54) is 49.8 Å². The molecule has 0 saturated carbocycles. The molecule has 30 heavy (non-hydrogen) atoms. The molecule has 0 aliphatic carbocycles. The smallest absolute Gasteiger partial charge is 0.242 e. The number of nitrogens with zero attached hydrogens (tertiary/aromatic N) is 2. The van der Waals surface area contributed by atoms with E-state index in [4.69, 9.17) is 0 Å². The summed E-state index contributed by atoms with van der Waals surface area (Å²) in [5.74, 6) is 0. The summed E-state index contributed by atoms with van der Waals surface area (Å²) in [6.07, 6.45) is 5.64. The maximum Gasteiger partial charge on any atom is 0.242 e. The van der Waals surface area contributed by atoms with Gasteiger partial charge in [-0.05, 0) is 53.7 Å². The third-order valence-corrected chi connectivity index (χ3v) is 6.08. The summed E-state index contributed by atoms with van der Waals surface area (Å²) in [5.41, 5.74) is 13.4. The van der Waals surface area contributed by atoms with E-state index in [9.17, 15) is 0 Å². The van der Waals surface area contributed by atoms with E-state index in [2.05, 4.69) is 95.1 Å². The first-order valence-corrected chi connectivity index (χ1v) is 10.6. The van der Waals surface area contributed by atoms with Gasteiger partial charge in [0, 0.05) is 18.1 Å². The number of aryl methyl sites for hydroxylation is 6. The largest absolute Gasteiger partial charge is 0.306 e. The highest BCUT2D eigenvalue weighted by Crippen LogP contribution is 2.14. The van der Waals surface area contributed by atoms with E-state index in [0.717, 1.165) is 5.69 Å². The van der Waals surface area contributed by atoms with Gasteiger partial charge in [-0.1, -0.05) is 86.2 Å². The SMILES string of the molecule is Cc1cc(C)c(B(c2ccc(-n3ccnc3)cc2)c2c(C)cc(C)cc2C)c(C)c1. The lowest BCUT2D eigenvalue weighted by atomic mass is 9.34. The van der Waals surface area contributed by atoms with Gasteiger partial charge in [0.25, 0.3) is 0 Å². The average Bonchev–Trinajstić information content (AvgIpc) is 3.20. The monoisotopic (exact) mass is 392 g/mol. The molecule has 4 aromatic rings. The normalized spacial score (nSPS) is 11.0. The van der Waals surface area contributed by atoms with Crippen molar-refractivity contribution in [3.8, 4) is 5.69 Å². The van der Waals surface area contributed by atoms with Gasteiger partial charge in [0.2, 0.25) is 6.71 Å². The zero-order valence-corrected chi connectivity index (χ0v) is 18.8. The molecule has 0 spiro atoms. The molecule has 0 radical (unpaired) electrons. The van der Waals surface area contributed by atoms with E-state index in [0.29, 0.717) is 0 Å². The van der Waals surface area contributed by atoms with Gasteiger partial charge in [-0.3, -0.25) is 0 Å². The standard InChI is InChI=1S/C27H29BN2/c1-18-13-20(3)26(21(4)14-18)28(27-22(5)15-19(2)16-23(27)6)24-7-9-25(10-8-24)30-12-11-29-17-30/h7-17H,1-6H3. The average molecular weight is 392 g/mol. The predicted molar refractivity (Wildman–Crippen MR) is 130 cm³/mol. The van der Waals surface area contributed by atoms with E-state index < -0.39 is 0 Å². The predicted octanol–water partition coefficient (Wildman–Crippen LogP) is 4.24. The van der Waals surface area contributed by atoms with E-state index >= 15 is 0 Å². The Morgan fingerprint density at radius 2 is 1.13 bits per heavy atom. The van der Waals surface area contributed by atoms with Crippen LogP contribution in [-0.2, 0) is 0 Å². The Labute approximate surface area is 180 Å². The van der Waals surface area contributed by atoms with Crippen LogP contribution in [0.25, 0.3) is 5.69 Å². The van der Waals surface area contributed by atoms with Gasteiger partial charge in [-0.15, -0.1) is 0 Å². The number of rotatable bonds is 4. The van der Waals surface area contributed by atoms with Gasteiger partial charge in [-0.2, -0.15) is 0 Å². The van der Waals surface area contributed by atoms with Gasteiger partial charge in [0.1, 0.15) is 0 Å². The van der Waals surface area contributed by atoms with Crippen molar-refractivity contribution >= 4 is 23.1 Å². The first kappa shape index (κ1) is 20.2. The zero-order chi connectivity index (χ0) is 21.4. The minimum Gasteiger partial charge on any atom is -0.306 e. The van der Waals surface area contributed by atoms with Crippen molar-refractivity contribution in [2.75, 3.05) is 0 Å². The molecular formula is C27H29BN2. The summed E-state index contributed by atoms with van der Waals surface area (Å²) in [7, 11) is 0. The highest BCUT2D eigenvalue weighted by molar-refractivity contribution is 6.96. The highest BCUT2D eigenvalue weighted by Gasteiger charge is 2.28. The Bertz CT molecular complexity index is 1080. The molecule has 2 nitrogen and oxygen atoms in total. The molecular weight excluding hydrogens is 363 g/mol. The van der Waals surface area contributed by atoms with Crippen LogP contribution in [0, 0.1) is 41.5 Å². The summed E-state index contributed by atoms with van der Waals surface area (Å²) in [4.78, 5) is 4.18. The molecule has 1 heterocycles. The number of imidazole rings is 1. The Morgan fingerprint density at radius 1 is 0.667 bits per heavy atom. The van der Waals surface area contributed by atoms with Crippen LogP contribution in [0.5, 0.6) is 0 Å². The molecule has 4 rings (SSSR count). The topological polar surface area (TPSA) is 17.8 Å². The Hall–Kier alpha value is -3.07.